The van der Waals surface area contributed by atoms with Gasteiger partial charge in [-0.25, -0.2) is 15.0 Å². The number of rotatable bonds is 4. The molecule has 0 fully saturated rings. The average Bonchev–Trinajstić information content (AvgIpc) is 3.01. The monoisotopic (exact) mass is 485 g/mol. The van der Waals surface area contributed by atoms with Crippen molar-refractivity contribution in [1.29, 1.82) is 0 Å². The summed E-state index contributed by atoms with van der Waals surface area (Å²) in [6, 6.07) is 45.5. The van der Waals surface area contributed by atoms with Gasteiger partial charge < -0.3 is 0 Å². The van der Waals surface area contributed by atoms with E-state index in [9.17, 15) is 0 Å². The molecule has 0 aliphatic carbocycles. The third-order valence-corrected chi connectivity index (χ3v) is 7.12. The van der Waals surface area contributed by atoms with Gasteiger partial charge in [-0.15, -0.1) is 0 Å². The molecule has 178 valence electrons. The molecule has 0 N–H and O–H groups in total. The predicted molar refractivity (Wildman–Crippen MR) is 157 cm³/mol. The summed E-state index contributed by atoms with van der Waals surface area (Å²) in [5.41, 5.74) is 8.27. The first kappa shape index (κ1) is 22.1. The van der Waals surface area contributed by atoms with Crippen molar-refractivity contribution in [1.82, 2.24) is 15.0 Å². The molecule has 6 aromatic carbocycles. The Morgan fingerprint density at radius 3 is 1.42 bits per heavy atom. The van der Waals surface area contributed by atoms with Crippen molar-refractivity contribution in [3.8, 4) is 44.8 Å². The van der Waals surface area contributed by atoms with Crippen LogP contribution in [0.15, 0.2) is 140 Å². The van der Waals surface area contributed by atoms with Gasteiger partial charge in [0, 0.05) is 5.56 Å². The van der Waals surface area contributed by atoms with E-state index >= 15 is 0 Å². The molecule has 7 rings (SSSR count). The maximum atomic E-state index is 4.28. The molecule has 38 heavy (non-hydrogen) atoms. The molecule has 0 unspecified atom stereocenters. The van der Waals surface area contributed by atoms with Gasteiger partial charge in [-0.05, 0) is 61.0 Å². The number of fused-ring (bicyclic) bond motifs is 2. The van der Waals surface area contributed by atoms with Crippen LogP contribution in [-0.2, 0) is 0 Å². The van der Waals surface area contributed by atoms with Crippen LogP contribution >= 0.6 is 0 Å². The highest BCUT2D eigenvalue weighted by Gasteiger charge is 2.17. The van der Waals surface area contributed by atoms with Crippen LogP contribution in [0.1, 0.15) is 0 Å². The van der Waals surface area contributed by atoms with E-state index in [1.807, 2.05) is 0 Å². The normalized spacial score (nSPS) is 11.2. The molecule has 0 aliphatic heterocycles. The quantitative estimate of drug-likeness (QED) is 0.234. The van der Waals surface area contributed by atoms with Gasteiger partial charge in [-0.2, -0.15) is 0 Å². The van der Waals surface area contributed by atoms with Gasteiger partial charge in [0.1, 0.15) is 12.7 Å². The second kappa shape index (κ2) is 9.38. The van der Waals surface area contributed by atoms with E-state index in [-0.39, 0.29) is 0 Å². The van der Waals surface area contributed by atoms with Crippen LogP contribution in [0.4, 0.5) is 0 Å². The van der Waals surface area contributed by atoms with Crippen molar-refractivity contribution in [3.05, 3.63) is 140 Å². The molecule has 1 aromatic heterocycles. The number of hydrogen-bond donors (Lipinski definition) is 0. The Morgan fingerprint density at radius 1 is 0.342 bits per heavy atom. The molecule has 0 amide bonds. The Morgan fingerprint density at radius 2 is 0.816 bits per heavy atom. The highest BCUT2D eigenvalue weighted by molar-refractivity contribution is 6.21. The lowest BCUT2D eigenvalue weighted by molar-refractivity contribution is 1.06. The van der Waals surface area contributed by atoms with Crippen molar-refractivity contribution in [2.45, 2.75) is 0 Å². The lowest BCUT2D eigenvalue weighted by Gasteiger charge is -2.18. The molecule has 3 nitrogen and oxygen atoms in total. The minimum absolute atomic E-state index is 0.676. The van der Waals surface area contributed by atoms with E-state index in [0.29, 0.717) is 5.82 Å². The molecule has 7 aromatic rings. The van der Waals surface area contributed by atoms with Crippen LogP contribution in [-0.4, -0.2) is 15.0 Å². The summed E-state index contributed by atoms with van der Waals surface area (Å²) in [5.74, 6) is 0.676. The van der Waals surface area contributed by atoms with Crippen molar-refractivity contribution in [2.75, 3.05) is 0 Å². The Balaban J connectivity index is 1.50. The van der Waals surface area contributed by atoms with Crippen LogP contribution in [0.25, 0.3) is 66.3 Å². The Kier molecular flexibility index (Phi) is 5.45. The maximum Gasteiger partial charge on any atom is 0.162 e. The standard InChI is InChI=1S/C35H23N3/c1-3-9-25(10-4-1)33-29-13-7-8-14-30(29)34(26-11-5-2-6-12-26)32-21-28(19-20-31(32)33)24-15-17-27(18-16-24)35-37-22-36-23-38-35/h1-23H. The first-order chi connectivity index (χ1) is 18.9. The zero-order valence-corrected chi connectivity index (χ0v) is 20.6. The number of hydrogen-bond acceptors (Lipinski definition) is 3. The largest absolute Gasteiger partial charge is 0.225 e. The third-order valence-electron chi connectivity index (χ3n) is 7.12. The van der Waals surface area contributed by atoms with Gasteiger partial charge in [-0.3, -0.25) is 0 Å². The molecule has 3 heteroatoms. The highest BCUT2D eigenvalue weighted by Crippen LogP contribution is 2.44. The summed E-state index contributed by atoms with van der Waals surface area (Å²) in [5, 5.41) is 5.01. The van der Waals surface area contributed by atoms with Crippen LogP contribution in [0, 0.1) is 0 Å². The fourth-order valence-electron chi connectivity index (χ4n) is 5.39. The minimum atomic E-state index is 0.676. The number of aromatic nitrogens is 3. The smallest absolute Gasteiger partial charge is 0.162 e. The summed E-state index contributed by atoms with van der Waals surface area (Å²) in [4.78, 5) is 12.5. The maximum absolute atomic E-state index is 4.28. The summed E-state index contributed by atoms with van der Waals surface area (Å²) in [6.07, 6.45) is 3.05. The Bertz CT molecular complexity index is 1880. The van der Waals surface area contributed by atoms with Gasteiger partial charge in [-0.1, -0.05) is 121 Å². The Labute approximate surface area is 221 Å². The predicted octanol–water partition coefficient (Wildman–Crippen LogP) is 8.85. The fraction of sp³-hybridized carbons (Fsp3) is 0. The van der Waals surface area contributed by atoms with Crippen molar-refractivity contribution >= 4 is 21.5 Å². The average molecular weight is 486 g/mol. The third kappa shape index (κ3) is 3.82. The molecule has 0 saturated heterocycles. The molecule has 0 aliphatic rings. The van der Waals surface area contributed by atoms with E-state index < -0.39 is 0 Å². The van der Waals surface area contributed by atoms with E-state index in [1.165, 1.54) is 62.0 Å². The molecule has 0 bridgehead atoms. The molecule has 0 radical (unpaired) electrons. The molecule has 1 heterocycles. The zero-order valence-electron chi connectivity index (χ0n) is 20.6. The van der Waals surface area contributed by atoms with E-state index in [0.717, 1.165) is 11.1 Å². The summed E-state index contributed by atoms with van der Waals surface area (Å²) in [6.45, 7) is 0. The highest BCUT2D eigenvalue weighted by atomic mass is 15.0. The van der Waals surface area contributed by atoms with Crippen molar-refractivity contribution in [3.63, 3.8) is 0 Å². The Hall–Kier alpha value is -5.15. The van der Waals surface area contributed by atoms with Gasteiger partial charge in [0.2, 0.25) is 0 Å². The second-order valence-electron chi connectivity index (χ2n) is 9.33. The summed E-state index contributed by atoms with van der Waals surface area (Å²) in [7, 11) is 0. The molecule has 0 saturated carbocycles. The van der Waals surface area contributed by atoms with Gasteiger partial charge in [0.25, 0.3) is 0 Å². The fourth-order valence-corrected chi connectivity index (χ4v) is 5.39. The van der Waals surface area contributed by atoms with Crippen LogP contribution in [0.5, 0.6) is 0 Å². The van der Waals surface area contributed by atoms with Gasteiger partial charge in [0.05, 0.1) is 0 Å². The molecule has 0 atom stereocenters. The first-order valence-corrected chi connectivity index (χ1v) is 12.7. The number of nitrogens with zero attached hydrogens (tertiary/aromatic N) is 3. The molecular weight excluding hydrogens is 462 g/mol. The van der Waals surface area contributed by atoms with Gasteiger partial charge >= 0.3 is 0 Å². The zero-order chi connectivity index (χ0) is 25.3. The summed E-state index contributed by atoms with van der Waals surface area (Å²) >= 11 is 0. The van der Waals surface area contributed by atoms with Crippen molar-refractivity contribution < 1.29 is 0 Å². The SMILES string of the molecule is c1ccc(-c2c3ccccc3c(-c3ccccc3)c3cc(-c4ccc(-c5ncncn5)cc4)ccc23)cc1. The molecule has 0 spiro atoms. The second-order valence-corrected chi connectivity index (χ2v) is 9.33. The van der Waals surface area contributed by atoms with Crippen molar-refractivity contribution in [2.24, 2.45) is 0 Å². The van der Waals surface area contributed by atoms with Gasteiger partial charge in [0.15, 0.2) is 5.82 Å². The van der Waals surface area contributed by atoms with Crippen LogP contribution < -0.4 is 0 Å². The topological polar surface area (TPSA) is 38.7 Å². The lowest BCUT2D eigenvalue weighted by atomic mass is 9.85. The first-order valence-electron chi connectivity index (χ1n) is 12.7. The lowest BCUT2D eigenvalue weighted by Crippen LogP contribution is -1.92. The van der Waals surface area contributed by atoms with E-state index in [2.05, 4.69) is 142 Å². The number of benzene rings is 6. The summed E-state index contributed by atoms with van der Waals surface area (Å²) < 4.78 is 0. The van der Waals surface area contributed by atoms with E-state index in [4.69, 9.17) is 0 Å². The minimum Gasteiger partial charge on any atom is -0.225 e. The van der Waals surface area contributed by atoms with E-state index in [1.54, 1.807) is 0 Å². The molecular formula is C35H23N3. The van der Waals surface area contributed by atoms with Crippen LogP contribution in [0.2, 0.25) is 0 Å². The van der Waals surface area contributed by atoms with Crippen LogP contribution in [0.3, 0.4) is 0 Å².